The molecule has 2 aromatic rings. The van der Waals surface area contributed by atoms with Crippen molar-refractivity contribution in [2.45, 2.75) is 26.3 Å². The molecule has 0 unspecified atom stereocenters. The van der Waals surface area contributed by atoms with Crippen LogP contribution in [0.25, 0.3) is 0 Å². The number of halogens is 1. The molecule has 3 heteroatoms. The van der Waals surface area contributed by atoms with Gasteiger partial charge in [0.25, 0.3) is 0 Å². The number of aryl methyl sites for hydroxylation is 3. The highest BCUT2D eigenvalue weighted by atomic mass is 35.5. The molecule has 1 aromatic carbocycles. The minimum absolute atomic E-state index is 0.852. The molecular formula is C13H15ClN2. The fourth-order valence-electron chi connectivity index (χ4n) is 1.80. The van der Waals surface area contributed by atoms with Crippen LogP contribution in [0.4, 0.5) is 0 Å². The maximum atomic E-state index is 6.12. The Bertz CT molecular complexity index is 462. The van der Waals surface area contributed by atoms with Gasteiger partial charge in [-0.05, 0) is 31.4 Å². The van der Waals surface area contributed by atoms with Crippen molar-refractivity contribution in [3.63, 3.8) is 0 Å². The van der Waals surface area contributed by atoms with Crippen LogP contribution >= 0.6 is 11.6 Å². The van der Waals surface area contributed by atoms with E-state index < -0.39 is 0 Å². The number of hydrogen-bond acceptors (Lipinski definition) is 1. The van der Waals surface area contributed by atoms with Gasteiger partial charge in [-0.15, -0.1) is 0 Å². The average molecular weight is 235 g/mol. The predicted octanol–water partition coefficient (Wildman–Crippen LogP) is 3.34. The zero-order valence-corrected chi connectivity index (χ0v) is 10.1. The van der Waals surface area contributed by atoms with Crippen molar-refractivity contribution >= 4 is 11.6 Å². The first kappa shape index (κ1) is 11.2. The van der Waals surface area contributed by atoms with Crippen LogP contribution in [-0.4, -0.2) is 9.55 Å². The topological polar surface area (TPSA) is 17.8 Å². The van der Waals surface area contributed by atoms with Crippen LogP contribution in [-0.2, 0) is 19.4 Å². The molecule has 84 valence electrons. The summed E-state index contributed by atoms with van der Waals surface area (Å²) in [6.45, 7) is 3.10. The van der Waals surface area contributed by atoms with Crippen LogP contribution in [0.5, 0.6) is 0 Å². The number of rotatable bonds is 4. The van der Waals surface area contributed by atoms with Crippen LogP contribution in [0.15, 0.2) is 36.8 Å². The molecule has 16 heavy (non-hydrogen) atoms. The summed E-state index contributed by atoms with van der Waals surface area (Å²) in [7, 11) is 0. The Morgan fingerprint density at radius 2 is 2.06 bits per heavy atom. The molecule has 0 aliphatic carbocycles. The average Bonchev–Trinajstić information content (AvgIpc) is 2.75. The van der Waals surface area contributed by atoms with E-state index in [1.165, 1.54) is 11.3 Å². The lowest BCUT2D eigenvalue weighted by molar-refractivity contribution is 0.704. The summed E-state index contributed by atoms with van der Waals surface area (Å²) in [6.07, 6.45) is 5.76. The first-order valence-corrected chi connectivity index (χ1v) is 5.91. The fraction of sp³-hybridized carbons (Fsp3) is 0.308. The van der Waals surface area contributed by atoms with Crippen LogP contribution in [0, 0.1) is 0 Å². The Morgan fingerprint density at radius 3 is 2.81 bits per heavy atom. The summed E-state index contributed by atoms with van der Waals surface area (Å²) < 4.78 is 2.16. The largest absolute Gasteiger partial charge is 0.335 e. The second kappa shape index (κ2) is 5.17. The van der Waals surface area contributed by atoms with Crippen molar-refractivity contribution in [3.05, 3.63) is 53.1 Å². The van der Waals surface area contributed by atoms with E-state index in [1.807, 2.05) is 30.7 Å². The third-order valence-electron chi connectivity index (χ3n) is 2.75. The van der Waals surface area contributed by atoms with Crippen molar-refractivity contribution in [2.24, 2.45) is 0 Å². The van der Waals surface area contributed by atoms with Gasteiger partial charge < -0.3 is 4.57 Å². The van der Waals surface area contributed by atoms with Crippen LogP contribution in [0.1, 0.15) is 18.2 Å². The van der Waals surface area contributed by atoms with Gasteiger partial charge in [0.1, 0.15) is 0 Å². The lowest BCUT2D eigenvalue weighted by atomic mass is 10.1. The van der Waals surface area contributed by atoms with Crippen LogP contribution < -0.4 is 0 Å². The molecule has 0 spiro atoms. The van der Waals surface area contributed by atoms with E-state index in [0.29, 0.717) is 0 Å². The van der Waals surface area contributed by atoms with Crippen molar-refractivity contribution in [1.82, 2.24) is 9.55 Å². The van der Waals surface area contributed by atoms with E-state index in [-0.39, 0.29) is 0 Å². The summed E-state index contributed by atoms with van der Waals surface area (Å²) in [4.78, 5) is 4.16. The molecule has 0 N–H and O–H groups in total. The highest BCUT2D eigenvalue weighted by molar-refractivity contribution is 6.31. The molecule has 1 aromatic heterocycles. The van der Waals surface area contributed by atoms with Gasteiger partial charge in [-0.25, -0.2) is 4.98 Å². The number of imidazole rings is 1. The van der Waals surface area contributed by atoms with Crippen molar-refractivity contribution < 1.29 is 0 Å². The first-order valence-electron chi connectivity index (χ1n) is 5.53. The summed E-state index contributed by atoms with van der Waals surface area (Å²) in [5.74, 6) is 0. The molecule has 0 amide bonds. The molecule has 0 saturated heterocycles. The van der Waals surface area contributed by atoms with E-state index in [2.05, 4.69) is 22.5 Å². The lowest BCUT2D eigenvalue weighted by Crippen LogP contribution is -2.01. The van der Waals surface area contributed by atoms with E-state index in [9.17, 15) is 0 Å². The highest BCUT2D eigenvalue weighted by Crippen LogP contribution is 2.17. The standard InChI is InChI=1S/C13H15ClN2/c1-2-16-10-15-9-12(16)8-7-11-5-3-4-6-13(11)14/h3-6,9-10H,2,7-8H2,1H3. The Kier molecular flexibility index (Phi) is 3.62. The second-order valence-corrected chi connectivity index (χ2v) is 4.17. The number of aromatic nitrogens is 2. The summed E-state index contributed by atoms with van der Waals surface area (Å²) in [5, 5.41) is 0.852. The number of nitrogens with zero attached hydrogens (tertiary/aromatic N) is 2. The van der Waals surface area contributed by atoms with Gasteiger partial charge in [0.15, 0.2) is 0 Å². The predicted molar refractivity (Wildman–Crippen MR) is 66.8 cm³/mol. The molecule has 2 rings (SSSR count). The Hall–Kier alpha value is -1.28. The first-order chi connectivity index (χ1) is 7.81. The number of hydrogen-bond donors (Lipinski definition) is 0. The normalized spacial score (nSPS) is 10.6. The van der Waals surface area contributed by atoms with Crippen LogP contribution in [0.3, 0.4) is 0 Å². The van der Waals surface area contributed by atoms with E-state index in [4.69, 9.17) is 11.6 Å². The molecular weight excluding hydrogens is 220 g/mol. The Labute approximate surface area is 101 Å². The van der Waals surface area contributed by atoms with Crippen molar-refractivity contribution in [3.8, 4) is 0 Å². The monoisotopic (exact) mass is 234 g/mol. The molecule has 0 bridgehead atoms. The zero-order chi connectivity index (χ0) is 11.4. The molecule has 0 aliphatic heterocycles. The SMILES string of the molecule is CCn1cncc1CCc1ccccc1Cl. The summed E-state index contributed by atoms with van der Waals surface area (Å²) in [5.41, 5.74) is 2.47. The van der Waals surface area contributed by atoms with Gasteiger partial charge in [-0.1, -0.05) is 29.8 Å². The maximum Gasteiger partial charge on any atom is 0.0948 e. The smallest absolute Gasteiger partial charge is 0.0948 e. The molecule has 0 aliphatic rings. The summed E-state index contributed by atoms with van der Waals surface area (Å²) in [6, 6.07) is 8.00. The van der Waals surface area contributed by atoms with E-state index >= 15 is 0 Å². The molecule has 0 saturated carbocycles. The van der Waals surface area contributed by atoms with Crippen LogP contribution in [0.2, 0.25) is 5.02 Å². The number of benzene rings is 1. The fourth-order valence-corrected chi connectivity index (χ4v) is 2.04. The van der Waals surface area contributed by atoms with Gasteiger partial charge in [0.2, 0.25) is 0 Å². The van der Waals surface area contributed by atoms with Gasteiger partial charge in [-0.2, -0.15) is 0 Å². The van der Waals surface area contributed by atoms with E-state index in [0.717, 1.165) is 24.4 Å². The van der Waals surface area contributed by atoms with E-state index in [1.54, 1.807) is 0 Å². The molecule has 0 radical (unpaired) electrons. The van der Waals surface area contributed by atoms with Gasteiger partial charge >= 0.3 is 0 Å². The lowest BCUT2D eigenvalue weighted by Gasteiger charge is -2.06. The minimum atomic E-state index is 0.852. The van der Waals surface area contributed by atoms with Gasteiger partial charge in [0, 0.05) is 23.5 Å². The van der Waals surface area contributed by atoms with Gasteiger partial charge in [0.05, 0.1) is 6.33 Å². The van der Waals surface area contributed by atoms with Crippen molar-refractivity contribution in [1.29, 1.82) is 0 Å². The molecule has 2 nitrogen and oxygen atoms in total. The third-order valence-corrected chi connectivity index (χ3v) is 3.12. The minimum Gasteiger partial charge on any atom is -0.335 e. The quantitative estimate of drug-likeness (QED) is 0.794. The molecule has 1 heterocycles. The Balaban J connectivity index is 2.05. The molecule has 0 fully saturated rings. The second-order valence-electron chi connectivity index (χ2n) is 3.76. The zero-order valence-electron chi connectivity index (χ0n) is 9.36. The maximum absolute atomic E-state index is 6.12. The van der Waals surface area contributed by atoms with Gasteiger partial charge in [-0.3, -0.25) is 0 Å². The Morgan fingerprint density at radius 1 is 1.25 bits per heavy atom. The molecule has 0 atom stereocenters. The van der Waals surface area contributed by atoms with Crippen molar-refractivity contribution in [2.75, 3.05) is 0 Å². The summed E-state index contributed by atoms with van der Waals surface area (Å²) >= 11 is 6.12. The third kappa shape index (κ3) is 2.45. The highest BCUT2D eigenvalue weighted by Gasteiger charge is 2.03.